The topological polar surface area (TPSA) is 83.1 Å². The van der Waals surface area contributed by atoms with Gasteiger partial charge >= 0.3 is 0 Å². The molecule has 0 saturated carbocycles. The summed E-state index contributed by atoms with van der Waals surface area (Å²) in [5.74, 6) is 1.01. The lowest BCUT2D eigenvalue weighted by atomic mass is 10.1. The van der Waals surface area contributed by atoms with Gasteiger partial charge in [-0.3, -0.25) is 4.72 Å². The van der Waals surface area contributed by atoms with Crippen molar-refractivity contribution in [1.29, 1.82) is 0 Å². The highest BCUT2D eigenvalue weighted by molar-refractivity contribution is 7.94. The van der Waals surface area contributed by atoms with Crippen molar-refractivity contribution in [3.63, 3.8) is 0 Å². The first-order valence-electron chi connectivity index (χ1n) is 8.88. The van der Waals surface area contributed by atoms with E-state index < -0.39 is 10.0 Å². The fourth-order valence-corrected chi connectivity index (χ4v) is 4.67. The van der Waals surface area contributed by atoms with E-state index in [-0.39, 0.29) is 22.4 Å². The number of fused-ring (bicyclic) bond motifs is 1. The molecular formula is C19H23NO6S3. The molecule has 0 spiro atoms. The van der Waals surface area contributed by atoms with E-state index in [1.165, 1.54) is 13.2 Å². The Morgan fingerprint density at radius 1 is 1.34 bits per heavy atom. The molecule has 0 radical (unpaired) electrons. The summed E-state index contributed by atoms with van der Waals surface area (Å²) < 4.78 is 49.5. The van der Waals surface area contributed by atoms with Gasteiger partial charge in [0.2, 0.25) is 12.5 Å². The molecule has 0 amide bonds. The van der Waals surface area contributed by atoms with Crippen LogP contribution in [-0.2, 0) is 14.8 Å². The van der Waals surface area contributed by atoms with Crippen molar-refractivity contribution in [2.75, 3.05) is 25.2 Å². The molecule has 0 aliphatic carbocycles. The molecule has 1 N–H and O–H groups in total. The van der Waals surface area contributed by atoms with Gasteiger partial charge < -0.3 is 18.9 Å². The minimum Gasteiger partial charge on any atom is -0.492 e. The number of sulfonamides is 1. The van der Waals surface area contributed by atoms with Crippen LogP contribution < -0.4 is 18.9 Å². The van der Waals surface area contributed by atoms with Crippen molar-refractivity contribution in [3.8, 4) is 17.2 Å². The van der Waals surface area contributed by atoms with Crippen LogP contribution in [0.1, 0.15) is 26.3 Å². The standard InChI is InChI=1S/C17H17NO6S3.C2H6/c1-3-22-13(25)7-6-11-9-12(16-17(15(11)21-2)24-10-23-16)18-27(19,20)14-5-4-8-26-14;1-2/h4-9,18H,3,10H2,1-2H3;1-2H3/b7-6+;. The summed E-state index contributed by atoms with van der Waals surface area (Å²) >= 11 is 6.21. The summed E-state index contributed by atoms with van der Waals surface area (Å²) in [5, 5.41) is 1.99. The number of ether oxygens (including phenoxy) is 4. The van der Waals surface area contributed by atoms with E-state index >= 15 is 0 Å². The summed E-state index contributed by atoms with van der Waals surface area (Å²) in [4.78, 5) is 0. The largest absolute Gasteiger partial charge is 0.492 e. The Morgan fingerprint density at radius 2 is 2.07 bits per heavy atom. The average Bonchev–Trinajstić information content (AvgIpc) is 3.40. The maximum Gasteiger partial charge on any atom is 0.271 e. The molecule has 0 fully saturated rings. The van der Waals surface area contributed by atoms with E-state index in [0.29, 0.717) is 28.7 Å². The van der Waals surface area contributed by atoms with E-state index in [4.69, 9.17) is 31.2 Å². The summed E-state index contributed by atoms with van der Waals surface area (Å²) in [5.41, 5.74) is 0.811. The lowest BCUT2D eigenvalue weighted by molar-refractivity contribution is 0.171. The fraction of sp³-hybridized carbons (Fsp3) is 0.316. The van der Waals surface area contributed by atoms with Gasteiger partial charge in [0.15, 0.2) is 16.5 Å². The Morgan fingerprint density at radius 3 is 2.69 bits per heavy atom. The van der Waals surface area contributed by atoms with Crippen molar-refractivity contribution < 1.29 is 27.4 Å². The Kier molecular flexibility index (Phi) is 8.30. The molecule has 10 heteroatoms. The zero-order valence-electron chi connectivity index (χ0n) is 16.6. The van der Waals surface area contributed by atoms with Crippen molar-refractivity contribution >= 4 is 50.4 Å². The second kappa shape index (κ2) is 10.5. The van der Waals surface area contributed by atoms with Gasteiger partial charge in [-0.2, -0.15) is 0 Å². The highest BCUT2D eigenvalue weighted by Gasteiger charge is 2.28. The first-order valence-corrected chi connectivity index (χ1v) is 11.6. The Balaban J connectivity index is 0.00000145. The SMILES string of the molecule is CC.CCOC(=S)/C=C/c1cc(NS(=O)(=O)c2cccs2)c2c(c1OC)OCO2. The summed E-state index contributed by atoms with van der Waals surface area (Å²) in [6.45, 7) is 6.25. The minimum absolute atomic E-state index is 0.0377. The van der Waals surface area contributed by atoms with Crippen LogP contribution in [0.2, 0.25) is 0 Å². The first-order chi connectivity index (χ1) is 14.0. The Hall–Kier alpha value is -2.30. The molecule has 1 aromatic carbocycles. The van der Waals surface area contributed by atoms with Crippen LogP contribution in [-0.4, -0.2) is 34.0 Å². The molecule has 2 aromatic rings. The second-order valence-electron chi connectivity index (χ2n) is 5.23. The molecule has 158 valence electrons. The lowest BCUT2D eigenvalue weighted by Crippen LogP contribution is -2.12. The molecule has 1 aliphatic heterocycles. The molecule has 0 saturated heterocycles. The predicted octanol–water partition coefficient (Wildman–Crippen LogP) is 4.69. The van der Waals surface area contributed by atoms with Gasteiger partial charge in [-0.1, -0.05) is 19.9 Å². The molecule has 2 heterocycles. The van der Waals surface area contributed by atoms with E-state index in [1.807, 2.05) is 20.8 Å². The number of thiocarbonyl (C=S) groups is 1. The lowest BCUT2D eigenvalue weighted by Gasteiger charge is -2.14. The highest BCUT2D eigenvalue weighted by Crippen LogP contribution is 2.49. The highest BCUT2D eigenvalue weighted by atomic mass is 32.2. The smallest absolute Gasteiger partial charge is 0.271 e. The van der Waals surface area contributed by atoms with Crippen molar-refractivity contribution in [1.82, 2.24) is 0 Å². The van der Waals surface area contributed by atoms with Crippen LogP contribution in [0.3, 0.4) is 0 Å². The van der Waals surface area contributed by atoms with Gasteiger partial charge in [0.25, 0.3) is 10.0 Å². The van der Waals surface area contributed by atoms with Crippen molar-refractivity contribution in [3.05, 3.63) is 35.2 Å². The van der Waals surface area contributed by atoms with Gasteiger partial charge in [0.05, 0.1) is 19.4 Å². The van der Waals surface area contributed by atoms with Crippen molar-refractivity contribution in [2.45, 2.75) is 25.0 Å². The van der Waals surface area contributed by atoms with Gasteiger partial charge in [-0.25, -0.2) is 8.42 Å². The van der Waals surface area contributed by atoms with Crippen molar-refractivity contribution in [2.24, 2.45) is 0 Å². The summed E-state index contributed by atoms with van der Waals surface area (Å²) in [6.07, 6.45) is 3.26. The number of nitrogens with one attached hydrogen (secondary N) is 1. The number of hydrogen-bond acceptors (Lipinski definition) is 8. The van der Waals surface area contributed by atoms with Gasteiger partial charge in [-0.05, 0) is 48.8 Å². The average molecular weight is 458 g/mol. The van der Waals surface area contributed by atoms with Crippen LogP contribution in [0.15, 0.2) is 33.9 Å². The molecule has 29 heavy (non-hydrogen) atoms. The van der Waals surface area contributed by atoms with Gasteiger partial charge in [-0.15, -0.1) is 11.3 Å². The molecular weight excluding hydrogens is 434 g/mol. The summed E-state index contributed by atoms with van der Waals surface area (Å²) in [6, 6.07) is 4.79. The van der Waals surface area contributed by atoms with Gasteiger partial charge in [0, 0.05) is 5.56 Å². The number of rotatable bonds is 7. The zero-order chi connectivity index (χ0) is 21.4. The van der Waals surface area contributed by atoms with Gasteiger partial charge in [0.1, 0.15) is 4.21 Å². The monoisotopic (exact) mass is 457 g/mol. The fourth-order valence-electron chi connectivity index (χ4n) is 2.43. The minimum atomic E-state index is -3.75. The van der Waals surface area contributed by atoms with E-state index in [1.54, 1.807) is 29.7 Å². The van der Waals surface area contributed by atoms with Crippen LogP contribution in [0, 0.1) is 0 Å². The predicted molar refractivity (Wildman–Crippen MR) is 119 cm³/mol. The third-order valence-electron chi connectivity index (χ3n) is 3.52. The molecule has 1 aromatic heterocycles. The zero-order valence-corrected chi connectivity index (χ0v) is 19.0. The molecule has 7 nitrogen and oxygen atoms in total. The Bertz CT molecular complexity index is 968. The number of thiophene rings is 1. The van der Waals surface area contributed by atoms with E-state index in [9.17, 15) is 8.42 Å². The second-order valence-corrected chi connectivity index (χ2v) is 8.49. The molecule has 3 rings (SSSR count). The molecule has 0 unspecified atom stereocenters. The van der Waals surface area contributed by atoms with Crippen LogP contribution in [0.25, 0.3) is 6.08 Å². The molecule has 0 atom stereocenters. The number of methoxy groups -OCH3 is 1. The number of anilines is 1. The van der Waals surface area contributed by atoms with E-state index in [0.717, 1.165) is 11.3 Å². The maximum absolute atomic E-state index is 12.6. The third-order valence-corrected chi connectivity index (χ3v) is 6.54. The normalized spacial score (nSPS) is 12.3. The maximum atomic E-state index is 12.6. The molecule has 0 bridgehead atoms. The molecule has 1 aliphatic rings. The van der Waals surface area contributed by atoms with Crippen LogP contribution in [0.5, 0.6) is 17.2 Å². The third kappa shape index (κ3) is 5.40. The number of benzene rings is 1. The quantitative estimate of drug-likeness (QED) is 0.477. The number of hydrogen-bond donors (Lipinski definition) is 1. The van der Waals surface area contributed by atoms with Crippen LogP contribution in [0.4, 0.5) is 5.69 Å². The first kappa shape index (κ1) is 23.0. The summed E-state index contributed by atoms with van der Waals surface area (Å²) in [7, 11) is -2.26. The van der Waals surface area contributed by atoms with E-state index in [2.05, 4.69) is 4.72 Å². The Labute approximate surface area is 180 Å². The van der Waals surface area contributed by atoms with Crippen LogP contribution >= 0.6 is 23.6 Å².